The van der Waals surface area contributed by atoms with Crippen molar-refractivity contribution in [3.8, 4) is 0 Å². The Morgan fingerprint density at radius 3 is 1.82 bits per heavy atom. The van der Waals surface area contributed by atoms with E-state index in [0.717, 1.165) is 0 Å². The van der Waals surface area contributed by atoms with E-state index in [0.29, 0.717) is 33.1 Å². The van der Waals surface area contributed by atoms with Gasteiger partial charge >= 0.3 is 18.3 Å². The highest BCUT2D eigenvalue weighted by Crippen LogP contribution is 2.66. The summed E-state index contributed by atoms with van der Waals surface area (Å²) in [5.74, 6) is -1.72. The van der Waals surface area contributed by atoms with Crippen molar-refractivity contribution in [3.05, 3.63) is 12.2 Å². The summed E-state index contributed by atoms with van der Waals surface area (Å²) in [6.45, 7) is 9.84. The molecular formula is C23H32F6O4. The van der Waals surface area contributed by atoms with Gasteiger partial charge in [-0.3, -0.25) is 0 Å². The zero-order chi connectivity index (χ0) is 25.4. The quantitative estimate of drug-likeness (QED) is 0.296. The lowest BCUT2D eigenvalue weighted by molar-refractivity contribution is -0.432. The summed E-state index contributed by atoms with van der Waals surface area (Å²) in [6.07, 6.45) is -9.74. The van der Waals surface area contributed by atoms with Crippen LogP contribution in [0.15, 0.2) is 12.2 Å². The molecule has 4 bridgehead atoms. The van der Waals surface area contributed by atoms with Crippen LogP contribution in [-0.4, -0.2) is 45.8 Å². The van der Waals surface area contributed by atoms with Crippen molar-refractivity contribution in [2.24, 2.45) is 23.7 Å². The fraction of sp³-hybridized carbons (Fsp3) is 0.870. The number of halogens is 6. The van der Waals surface area contributed by atoms with Crippen LogP contribution in [0.2, 0.25) is 0 Å². The zero-order valence-corrected chi connectivity index (χ0v) is 19.5. The minimum Gasteiger partial charge on any atom is -0.456 e. The number of hydrogen-bond acceptors (Lipinski definition) is 4. The summed E-state index contributed by atoms with van der Waals surface area (Å²) >= 11 is 0. The predicted molar refractivity (Wildman–Crippen MR) is 107 cm³/mol. The maximum absolute atomic E-state index is 13.7. The summed E-state index contributed by atoms with van der Waals surface area (Å²) < 4.78 is 93.9. The van der Waals surface area contributed by atoms with Gasteiger partial charge in [-0.1, -0.05) is 20.4 Å². The van der Waals surface area contributed by atoms with Crippen LogP contribution in [0, 0.1) is 23.7 Å². The fourth-order valence-corrected chi connectivity index (χ4v) is 6.92. The smallest absolute Gasteiger partial charge is 0.429 e. The Bertz CT molecular complexity index is 783. The molecule has 0 aromatic rings. The second-order valence-electron chi connectivity index (χ2n) is 11.0. The lowest BCUT2D eigenvalue weighted by atomic mass is 9.46. The molecule has 0 saturated heterocycles. The summed E-state index contributed by atoms with van der Waals surface area (Å²) in [7, 11) is 0. The summed E-state index contributed by atoms with van der Waals surface area (Å²) in [5.41, 5.74) is -10.0. The van der Waals surface area contributed by atoms with Gasteiger partial charge in [-0.15, -0.1) is 0 Å². The first-order valence-electron chi connectivity index (χ1n) is 11.2. The van der Waals surface area contributed by atoms with Gasteiger partial charge in [0.25, 0.3) is 5.60 Å². The Morgan fingerprint density at radius 1 is 1.00 bits per heavy atom. The highest BCUT2D eigenvalue weighted by Gasteiger charge is 2.79. The Labute approximate surface area is 189 Å². The van der Waals surface area contributed by atoms with E-state index < -0.39 is 58.5 Å². The molecule has 0 aromatic carbocycles. The molecule has 10 heteroatoms. The second kappa shape index (κ2) is 7.60. The highest BCUT2D eigenvalue weighted by molar-refractivity contribution is 5.87. The highest BCUT2D eigenvalue weighted by atomic mass is 19.4. The van der Waals surface area contributed by atoms with Crippen LogP contribution in [0.5, 0.6) is 0 Å². The van der Waals surface area contributed by atoms with E-state index >= 15 is 0 Å². The van der Waals surface area contributed by atoms with E-state index in [-0.39, 0.29) is 24.3 Å². The van der Waals surface area contributed by atoms with Crippen LogP contribution in [0.3, 0.4) is 0 Å². The van der Waals surface area contributed by atoms with Gasteiger partial charge in [0.15, 0.2) is 0 Å². The first-order valence-corrected chi connectivity index (χ1v) is 11.2. The number of esters is 1. The van der Waals surface area contributed by atoms with Crippen LogP contribution < -0.4 is 0 Å². The minimum absolute atomic E-state index is 0.128. The van der Waals surface area contributed by atoms with Gasteiger partial charge in [0.2, 0.25) is 0 Å². The number of rotatable bonds is 6. The van der Waals surface area contributed by atoms with Gasteiger partial charge in [-0.2, -0.15) is 26.3 Å². The molecule has 0 radical (unpaired) electrons. The summed E-state index contributed by atoms with van der Waals surface area (Å²) in [5, 5.41) is 10.1. The molecular weight excluding hydrogens is 454 g/mol. The third kappa shape index (κ3) is 3.79. The molecule has 4 aliphatic rings. The molecule has 190 valence electrons. The summed E-state index contributed by atoms with van der Waals surface area (Å²) in [4.78, 5) is 12.3. The Kier molecular flexibility index (Phi) is 6.06. The van der Waals surface area contributed by atoms with E-state index in [1.165, 1.54) is 6.92 Å². The van der Waals surface area contributed by atoms with E-state index in [1.807, 2.05) is 0 Å². The number of aliphatic hydroxyl groups is 1. The molecule has 2 atom stereocenters. The molecule has 0 amide bonds. The van der Waals surface area contributed by atoms with Gasteiger partial charge in [-0.25, -0.2) is 4.79 Å². The molecule has 4 aliphatic carbocycles. The number of ether oxygens (including phenoxy) is 2. The van der Waals surface area contributed by atoms with Crippen molar-refractivity contribution in [2.75, 3.05) is 0 Å². The topological polar surface area (TPSA) is 55.8 Å². The fourth-order valence-electron chi connectivity index (χ4n) is 6.92. The Hall–Kier alpha value is -1.29. The molecule has 0 spiro atoms. The van der Waals surface area contributed by atoms with E-state index in [2.05, 4.69) is 6.58 Å². The van der Waals surface area contributed by atoms with Gasteiger partial charge < -0.3 is 14.6 Å². The van der Waals surface area contributed by atoms with Crippen LogP contribution in [-0.2, 0) is 14.3 Å². The number of carbonyl (C=O) groups excluding carboxylic acids is 1. The van der Waals surface area contributed by atoms with E-state index in [1.54, 1.807) is 13.8 Å². The van der Waals surface area contributed by atoms with Crippen LogP contribution in [0.4, 0.5) is 26.3 Å². The maximum Gasteiger partial charge on any atom is 0.429 e. The first-order chi connectivity index (χ1) is 14.7. The van der Waals surface area contributed by atoms with E-state index in [4.69, 9.17) is 9.47 Å². The monoisotopic (exact) mass is 486 g/mol. The molecule has 4 nitrogen and oxygen atoms in total. The lowest BCUT2D eigenvalue weighted by Gasteiger charge is -2.67. The van der Waals surface area contributed by atoms with Gasteiger partial charge in [-0.05, 0) is 76.5 Å². The van der Waals surface area contributed by atoms with Crippen molar-refractivity contribution in [3.63, 3.8) is 0 Å². The molecule has 4 fully saturated rings. The second-order valence-corrected chi connectivity index (χ2v) is 11.0. The normalized spacial score (nSPS) is 34.6. The van der Waals surface area contributed by atoms with Crippen molar-refractivity contribution < 1.29 is 45.7 Å². The number of carbonyl (C=O) groups is 1. The van der Waals surface area contributed by atoms with Crippen molar-refractivity contribution >= 4 is 5.97 Å². The molecule has 0 aliphatic heterocycles. The third-order valence-corrected chi connectivity index (χ3v) is 8.09. The Balaban J connectivity index is 2.03. The van der Waals surface area contributed by atoms with E-state index in [9.17, 15) is 36.2 Å². The van der Waals surface area contributed by atoms with Crippen molar-refractivity contribution in [1.29, 1.82) is 0 Å². The average molecular weight is 486 g/mol. The average Bonchev–Trinajstić information content (AvgIpc) is 2.60. The van der Waals surface area contributed by atoms with Crippen molar-refractivity contribution in [1.82, 2.24) is 0 Å². The molecule has 2 unspecified atom stereocenters. The minimum atomic E-state index is -6.00. The molecule has 0 heterocycles. The molecule has 4 saturated carbocycles. The third-order valence-electron chi connectivity index (χ3n) is 8.09. The van der Waals surface area contributed by atoms with Crippen LogP contribution in [0.1, 0.15) is 66.7 Å². The summed E-state index contributed by atoms with van der Waals surface area (Å²) in [6, 6.07) is 0. The van der Waals surface area contributed by atoms with Crippen LogP contribution >= 0.6 is 0 Å². The van der Waals surface area contributed by atoms with Gasteiger partial charge in [0.05, 0.1) is 5.60 Å². The van der Waals surface area contributed by atoms with Gasteiger partial charge in [0.1, 0.15) is 11.2 Å². The predicted octanol–water partition coefficient (Wildman–Crippen LogP) is 5.73. The SMILES string of the molecule is C=C(C)C(=O)OC12CC3CC(C1)C(OC(C)(C)C(O)(C(F)(F)F)C(F)(F)F)(C(C)C)C(C3)C2. The largest absolute Gasteiger partial charge is 0.456 e. The number of alkyl halides is 6. The van der Waals surface area contributed by atoms with Gasteiger partial charge in [0, 0.05) is 5.57 Å². The van der Waals surface area contributed by atoms with Crippen LogP contribution in [0.25, 0.3) is 0 Å². The Morgan fingerprint density at radius 2 is 1.45 bits per heavy atom. The molecule has 4 rings (SSSR count). The molecule has 1 N–H and O–H groups in total. The zero-order valence-electron chi connectivity index (χ0n) is 19.5. The standard InChI is InChI=1S/C23H32F6O4/c1-12(2)17(30)32-19-9-14-7-15(10-19)20(13(3)4,16(8-14)11-19)33-18(5,6)21(31,22(24,25)26)23(27,28)29/h13-16,31H,1,7-11H2,2-6H3. The molecule has 0 aromatic heterocycles. The van der Waals surface area contributed by atoms with Crippen molar-refractivity contribution in [2.45, 2.75) is 101 Å². The number of hydrogen-bond donors (Lipinski definition) is 1. The maximum atomic E-state index is 13.7. The lowest BCUT2D eigenvalue weighted by Crippen LogP contribution is -2.75. The first kappa shape index (κ1) is 26.3. The molecule has 33 heavy (non-hydrogen) atoms.